The van der Waals surface area contributed by atoms with Gasteiger partial charge in [-0.05, 0) is 48.6 Å². The standard InChI is InChI=1S/C29H28NS.C10H15F3O2.Ir/c1-18(2)15-20-10-8-12-23-24-13-14-30-26(28(24)31-27(20)23)21-16-19-9-6-7-11-22(19)25(17-21)29(3,4)5;1-6(2)7(14)5-8(15)9(3,4)10(11,12)13;/h6-14,17-18H,15H2,1-5H3;5-6,14H,1-4H3;/q-1;;/b;7-5-;. The van der Waals surface area contributed by atoms with Gasteiger partial charge in [0.2, 0.25) is 0 Å². The van der Waals surface area contributed by atoms with Crippen LogP contribution in [0, 0.1) is 23.3 Å². The minimum Gasteiger partial charge on any atom is -0.512 e. The smallest absolute Gasteiger partial charge is 0.401 e. The summed E-state index contributed by atoms with van der Waals surface area (Å²) < 4.78 is 39.9. The van der Waals surface area contributed by atoms with E-state index in [9.17, 15) is 23.1 Å². The number of aromatic nitrogens is 1. The van der Waals surface area contributed by atoms with Gasteiger partial charge in [0.1, 0.15) is 5.41 Å². The van der Waals surface area contributed by atoms with Crippen LogP contribution in [0.5, 0.6) is 0 Å². The van der Waals surface area contributed by atoms with Gasteiger partial charge in [0.25, 0.3) is 0 Å². The Morgan fingerprint density at radius 2 is 1.53 bits per heavy atom. The molecule has 0 saturated carbocycles. The van der Waals surface area contributed by atoms with Crippen molar-refractivity contribution in [2.24, 2.45) is 17.3 Å². The number of rotatable bonds is 6. The third-order valence-corrected chi connectivity index (χ3v) is 9.46. The molecule has 0 spiro atoms. The molecule has 0 atom stereocenters. The number of hydrogen-bond acceptors (Lipinski definition) is 4. The second-order valence-electron chi connectivity index (χ2n) is 14.1. The van der Waals surface area contributed by atoms with Crippen LogP contribution in [0.15, 0.2) is 72.6 Å². The average molecular weight is 839 g/mol. The molecule has 0 aliphatic rings. The molecule has 0 fully saturated rings. The van der Waals surface area contributed by atoms with Crippen LogP contribution < -0.4 is 0 Å². The van der Waals surface area contributed by atoms with Gasteiger partial charge in [-0.1, -0.05) is 95.8 Å². The third kappa shape index (κ3) is 8.33. The van der Waals surface area contributed by atoms with Gasteiger partial charge >= 0.3 is 6.18 Å². The molecule has 0 saturated heterocycles. The summed E-state index contributed by atoms with van der Waals surface area (Å²) in [4.78, 5) is 16.1. The maximum Gasteiger partial charge on any atom is 0.401 e. The molecule has 5 rings (SSSR count). The van der Waals surface area contributed by atoms with Gasteiger partial charge in [-0.2, -0.15) is 13.2 Å². The molecule has 8 heteroatoms. The van der Waals surface area contributed by atoms with E-state index < -0.39 is 17.4 Å². The minimum absolute atomic E-state index is 0. The number of fused-ring (bicyclic) bond motifs is 4. The number of nitrogens with zero attached hydrogens (tertiary/aromatic N) is 1. The van der Waals surface area contributed by atoms with Crippen molar-refractivity contribution in [2.75, 3.05) is 0 Å². The van der Waals surface area contributed by atoms with E-state index in [1.54, 1.807) is 13.8 Å². The maximum absolute atomic E-state index is 12.4. The molecule has 2 aromatic heterocycles. The summed E-state index contributed by atoms with van der Waals surface area (Å²) in [6, 6.07) is 23.5. The van der Waals surface area contributed by atoms with Crippen LogP contribution in [0.3, 0.4) is 0 Å². The molecule has 253 valence electrons. The van der Waals surface area contributed by atoms with E-state index in [4.69, 9.17) is 4.98 Å². The van der Waals surface area contributed by atoms with E-state index in [1.165, 1.54) is 36.7 Å². The Labute approximate surface area is 293 Å². The largest absolute Gasteiger partial charge is 0.512 e. The maximum atomic E-state index is 12.4. The van der Waals surface area contributed by atoms with Gasteiger partial charge in [-0.3, -0.25) is 9.78 Å². The van der Waals surface area contributed by atoms with Gasteiger partial charge in [0, 0.05) is 58.8 Å². The van der Waals surface area contributed by atoms with E-state index >= 15 is 0 Å². The Morgan fingerprint density at radius 3 is 2.13 bits per heavy atom. The second-order valence-corrected chi connectivity index (χ2v) is 15.2. The molecule has 5 aromatic rings. The van der Waals surface area contributed by atoms with Crippen LogP contribution >= 0.6 is 11.3 Å². The van der Waals surface area contributed by atoms with Crippen molar-refractivity contribution < 1.29 is 43.2 Å². The Bertz CT molecular complexity index is 1910. The van der Waals surface area contributed by atoms with Gasteiger partial charge in [0.15, 0.2) is 5.78 Å². The number of allylic oxidation sites excluding steroid dienone is 2. The van der Waals surface area contributed by atoms with Gasteiger partial charge < -0.3 is 5.11 Å². The summed E-state index contributed by atoms with van der Waals surface area (Å²) in [6.45, 7) is 16.2. The van der Waals surface area contributed by atoms with Crippen LogP contribution in [0.2, 0.25) is 0 Å². The molecule has 47 heavy (non-hydrogen) atoms. The summed E-state index contributed by atoms with van der Waals surface area (Å²) in [5.74, 6) is -1.20. The zero-order valence-corrected chi connectivity index (χ0v) is 31.6. The Morgan fingerprint density at radius 1 is 0.915 bits per heavy atom. The fourth-order valence-electron chi connectivity index (χ4n) is 5.17. The van der Waals surface area contributed by atoms with E-state index in [1.807, 2.05) is 17.5 Å². The molecule has 3 aromatic carbocycles. The number of carbonyl (C=O) groups excluding carboxylic acids is 1. The topological polar surface area (TPSA) is 50.2 Å². The third-order valence-electron chi connectivity index (χ3n) is 8.16. The summed E-state index contributed by atoms with van der Waals surface area (Å²) in [5, 5.41) is 14.3. The molecule has 0 bridgehead atoms. The van der Waals surface area contributed by atoms with E-state index in [2.05, 4.69) is 95.3 Å². The zero-order valence-electron chi connectivity index (χ0n) is 28.4. The SMILES string of the molecule is CC(C)/C(O)=C/C(=O)C(C)(C)C(F)(F)F.CC(C)Cc1cccc2c1sc1c(-c3[c-]c4ccccc4c(C(C)(C)C)c3)nccc12.[Ir]. The van der Waals surface area contributed by atoms with Crippen molar-refractivity contribution in [2.45, 2.75) is 80.3 Å². The predicted octanol–water partition coefficient (Wildman–Crippen LogP) is 11.8. The molecule has 0 unspecified atom stereocenters. The quantitative estimate of drug-likeness (QED) is 0.105. The summed E-state index contributed by atoms with van der Waals surface area (Å²) in [7, 11) is 0. The minimum atomic E-state index is -4.61. The Kier molecular flexibility index (Phi) is 11.9. The van der Waals surface area contributed by atoms with Crippen molar-refractivity contribution in [1.29, 1.82) is 0 Å². The second kappa shape index (κ2) is 14.6. The fourth-order valence-corrected chi connectivity index (χ4v) is 6.50. The number of aliphatic hydroxyl groups is 1. The number of carbonyl (C=O) groups is 1. The molecule has 0 aliphatic carbocycles. The summed E-state index contributed by atoms with van der Waals surface area (Å²) in [6.07, 6.45) is -0.905. The van der Waals surface area contributed by atoms with E-state index in [0.29, 0.717) is 12.0 Å². The van der Waals surface area contributed by atoms with Crippen molar-refractivity contribution >= 4 is 48.1 Å². The number of hydrogen-bond donors (Lipinski definition) is 1. The van der Waals surface area contributed by atoms with Gasteiger partial charge in [0.05, 0.1) is 5.76 Å². The molecular weight excluding hydrogens is 796 g/mol. The van der Waals surface area contributed by atoms with E-state index in [0.717, 1.165) is 36.9 Å². The van der Waals surface area contributed by atoms with E-state index in [-0.39, 0.29) is 37.2 Å². The molecule has 0 amide bonds. The zero-order chi connectivity index (χ0) is 34.2. The summed E-state index contributed by atoms with van der Waals surface area (Å²) in [5.41, 5.74) is 2.50. The number of ketones is 1. The van der Waals surface area contributed by atoms with Crippen LogP contribution in [-0.2, 0) is 36.7 Å². The molecular formula is C39H43F3IrNO2S-. The first-order valence-corrected chi connectivity index (χ1v) is 16.4. The van der Waals surface area contributed by atoms with Crippen LogP contribution in [-0.4, -0.2) is 22.1 Å². The number of halogens is 3. The molecule has 1 N–H and O–H groups in total. The Hall–Kier alpha value is -3.06. The van der Waals surface area contributed by atoms with Crippen LogP contribution in [0.1, 0.15) is 73.4 Å². The number of benzene rings is 3. The fraction of sp³-hybridized carbons (Fsp3) is 0.385. The predicted molar refractivity (Wildman–Crippen MR) is 187 cm³/mol. The Balaban J connectivity index is 0.000000322. The van der Waals surface area contributed by atoms with Crippen LogP contribution in [0.25, 0.3) is 42.2 Å². The molecule has 1 radical (unpaired) electrons. The van der Waals surface area contributed by atoms with Crippen molar-refractivity contribution in [3.8, 4) is 11.3 Å². The molecule has 2 heterocycles. The average Bonchev–Trinajstić information content (AvgIpc) is 3.35. The number of aliphatic hydroxyl groups excluding tert-OH is 1. The van der Waals surface area contributed by atoms with Gasteiger partial charge in [-0.25, -0.2) is 0 Å². The monoisotopic (exact) mass is 839 g/mol. The first kappa shape index (κ1) is 38.4. The van der Waals surface area contributed by atoms with Crippen molar-refractivity contribution in [3.63, 3.8) is 0 Å². The number of alkyl halides is 3. The normalized spacial score (nSPS) is 12.9. The first-order chi connectivity index (χ1) is 21.3. The van der Waals surface area contributed by atoms with Gasteiger partial charge in [-0.15, -0.1) is 40.5 Å². The summed E-state index contributed by atoms with van der Waals surface area (Å²) >= 11 is 1.89. The molecule has 3 nitrogen and oxygen atoms in total. The first-order valence-electron chi connectivity index (χ1n) is 15.6. The van der Waals surface area contributed by atoms with Crippen LogP contribution in [0.4, 0.5) is 13.2 Å². The van der Waals surface area contributed by atoms with Crippen molar-refractivity contribution in [3.05, 3.63) is 89.8 Å². The number of pyridine rings is 1. The number of thiophene rings is 1. The van der Waals surface area contributed by atoms with Crippen molar-refractivity contribution in [1.82, 2.24) is 4.98 Å². The molecule has 0 aliphatic heterocycles.